The van der Waals surface area contributed by atoms with Gasteiger partial charge in [-0.2, -0.15) is 0 Å². The third-order valence-corrected chi connectivity index (χ3v) is 5.34. The summed E-state index contributed by atoms with van der Waals surface area (Å²) < 4.78 is 0. The minimum absolute atomic E-state index is 0. The number of hydrogen-bond acceptors (Lipinski definition) is 3. The van der Waals surface area contributed by atoms with Gasteiger partial charge in [0.2, 0.25) is 0 Å². The molecule has 0 aliphatic carbocycles. The molecular weight excluding hydrogens is 381 g/mol. The first-order valence-corrected chi connectivity index (χ1v) is 8.92. The van der Waals surface area contributed by atoms with Gasteiger partial charge < -0.3 is 10.6 Å². The van der Waals surface area contributed by atoms with Gasteiger partial charge in [-0.15, -0.1) is 24.8 Å². The second-order valence-electron chi connectivity index (χ2n) is 7.29. The molecule has 0 spiro atoms. The monoisotopic (exact) mass is 405 g/mol. The predicted octanol–water partition coefficient (Wildman–Crippen LogP) is 4.35. The van der Waals surface area contributed by atoms with Crippen molar-refractivity contribution in [2.24, 2.45) is 5.41 Å². The molecule has 0 bridgehead atoms. The van der Waals surface area contributed by atoms with Crippen molar-refractivity contribution in [1.29, 1.82) is 0 Å². The molecule has 1 fully saturated rings. The van der Waals surface area contributed by atoms with E-state index >= 15 is 0 Å². The molecule has 3 aromatic rings. The largest absolute Gasteiger partial charge is 0.351 e. The van der Waals surface area contributed by atoms with E-state index in [1.165, 1.54) is 0 Å². The highest BCUT2D eigenvalue weighted by Crippen LogP contribution is 2.29. The van der Waals surface area contributed by atoms with Gasteiger partial charge in [0.15, 0.2) is 0 Å². The van der Waals surface area contributed by atoms with E-state index in [0.29, 0.717) is 12.1 Å². The van der Waals surface area contributed by atoms with E-state index in [2.05, 4.69) is 28.6 Å². The van der Waals surface area contributed by atoms with Crippen molar-refractivity contribution in [3.63, 3.8) is 0 Å². The van der Waals surface area contributed by atoms with Crippen LogP contribution in [0.2, 0.25) is 0 Å². The van der Waals surface area contributed by atoms with Crippen molar-refractivity contribution < 1.29 is 4.79 Å². The zero-order valence-electron chi connectivity index (χ0n) is 15.3. The Kier molecular flexibility index (Phi) is 7.04. The standard InChI is InChI=1S/C21H23N3O.2ClH/c1-21(8-11-22-12-9-21)14-24-20(25)18-13-15-5-2-3-6-16(15)17-7-4-10-23-19(17)18;;/h2-7,10,13,22H,8-9,11-12,14H2,1H3,(H,24,25);2*1H. The molecule has 1 amide bonds. The number of nitrogens with zero attached hydrogens (tertiary/aromatic N) is 1. The van der Waals surface area contributed by atoms with Crippen LogP contribution in [0.4, 0.5) is 0 Å². The van der Waals surface area contributed by atoms with Crippen molar-refractivity contribution >= 4 is 52.4 Å². The van der Waals surface area contributed by atoms with Crippen molar-refractivity contribution in [2.75, 3.05) is 19.6 Å². The number of carbonyl (C=O) groups excluding carboxylic acids is 1. The fourth-order valence-corrected chi connectivity index (χ4v) is 3.70. The normalized spacial score (nSPS) is 15.6. The van der Waals surface area contributed by atoms with Crippen LogP contribution in [0.25, 0.3) is 21.7 Å². The number of fused-ring (bicyclic) bond motifs is 3. The van der Waals surface area contributed by atoms with Gasteiger partial charge >= 0.3 is 0 Å². The zero-order valence-corrected chi connectivity index (χ0v) is 17.0. The van der Waals surface area contributed by atoms with E-state index in [1.54, 1.807) is 6.20 Å². The number of benzene rings is 2. The second-order valence-corrected chi connectivity index (χ2v) is 7.29. The summed E-state index contributed by atoms with van der Waals surface area (Å²) in [6.45, 7) is 5.00. The number of aromatic nitrogens is 1. The average Bonchev–Trinajstić information content (AvgIpc) is 2.66. The summed E-state index contributed by atoms with van der Waals surface area (Å²) >= 11 is 0. The van der Waals surface area contributed by atoms with Crippen molar-refractivity contribution in [2.45, 2.75) is 19.8 Å². The minimum atomic E-state index is -0.0331. The molecule has 2 aromatic carbocycles. The Labute approximate surface area is 171 Å². The van der Waals surface area contributed by atoms with Gasteiger partial charge in [-0.25, -0.2) is 0 Å². The number of amides is 1. The predicted molar refractivity (Wildman–Crippen MR) is 116 cm³/mol. The lowest BCUT2D eigenvalue weighted by Gasteiger charge is -2.34. The maximum absolute atomic E-state index is 12.9. The van der Waals surface area contributed by atoms with E-state index in [-0.39, 0.29) is 36.1 Å². The molecule has 0 unspecified atom stereocenters. The van der Waals surface area contributed by atoms with Crippen molar-refractivity contribution in [3.8, 4) is 0 Å². The molecule has 1 aliphatic rings. The first kappa shape index (κ1) is 21.4. The van der Waals surface area contributed by atoms with Crippen LogP contribution in [0.1, 0.15) is 30.1 Å². The molecule has 4 nitrogen and oxygen atoms in total. The zero-order chi connectivity index (χ0) is 17.3. The number of rotatable bonds is 3. The van der Waals surface area contributed by atoms with Gasteiger partial charge in [0, 0.05) is 18.1 Å². The quantitative estimate of drug-likeness (QED) is 0.636. The minimum Gasteiger partial charge on any atom is -0.351 e. The van der Waals surface area contributed by atoms with E-state index < -0.39 is 0 Å². The molecule has 1 aromatic heterocycles. The summed E-state index contributed by atoms with van der Waals surface area (Å²) in [6, 6.07) is 14.1. The van der Waals surface area contributed by atoms with Gasteiger partial charge in [-0.3, -0.25) is 9.78 Å². The van der Waals surface area contributed by atoms with Crippen LogP contribution in [0.3, 0.4) is 0 Å². The van der Waals surface area contributed by atoms with Crippen LogP contribution in [-0.4, -0.2) is 30.5 Å². The Bertz CT molecular complexity index is 939. The van der Waals surface area contributed by atoms with Gasteiger partial charge in [0.1, 0.15) is 0 Å². The molecule has 2 N–H and O–H groups in total. The molecule has 4 rings (SSSR count). The third-order valence-electron chi connectivity index (χ3n) is 5.34. The SMILES string of the molecule is CC1(CNC(=O)c2cc3ccccc3c3cccnc23)CCNCC1.Cl.Cl. The number of piperidine rings is 1. The Morgan fingerprint density at radius 2 is 1.81 bits per heavy atom. The molecule has 0 radical (unpaired) electrons. The number of nitrogens with one attached hydrogen (secondary N) is 2. The maximum atomic E-state index is 12.9. The van der Waals surface area contributed by atoms with E-state index in [0.717, 1.165) is 47.6 Å². The second kappa shape index (κ2) is 8.87. The molecule has 0 saturated carbocycles. The lowest BCUT2D eigenvalue weighted by molar-refractivity contribution is 0.0924. The molecule has 6 heteroatoms. The van der Waals surface area contributed by atoms with Crippen LogP contribution in [-0.2, 0) is 0 Å². The Balaban J connectivity index is 0.00000131. The van der Waals surface area contributed by atoms with Crippen LogP contribution >= 0.6 is 24.8 Å². The Morgan fingerprint density at radius 1 is 1.11 bits per heavy atom. The van der Waals surface area contributed by atoms with Crippen LogP contribution in [0.15, 0.2) is 48.7 Å². The first-order chi connectivity index (χ1) is 12.2. The lowest BCUT2D eigenvalue weighted by atomic mass is 9.81. The molecule has 144 valence electrons. The topological polar surface area (TPSA) is 54.0 Å². The van der Waals surface area contributed by atoms with E-state index in [4.69, 9.17) is 0 Å². The summed E-state index contributed by atoms with van der Waals surface area (Å²) in [6.07, 6.45) is 3.93. The van der Waals surface area contributed by atoms with Gasteiger partial charge in [-0.05, 0) is 54.3 Å². The summed E-state index contributed by atoms with van der Waals surface area (Å²) in [5.74, 6) is -0.0331. The smallest absolute Gasteiger partial charge is 0.253 e. The Hall–Kier alpha value is -1.88. The van der Waals surface area contributed by atoms with Gasteiger partial charge in [0.25, 0.3) is 5.91 Å². The average molecular weight is 406 g/mol. The summed E-state index contributed by atoms with van der Waals surface area (Å²) in [4.78, 5) is 17.4. The molecule has 1 aliphatic heterocycles. The van der Waals surface area contributed by atoms with Crippen LogP contribution in [0, 0.1) is 5.41 Å². The highest BCUT2D eigenvalue weighted by atomic mass is 35.5. The van der Waals surface area contributed by atoms with Crippen molar-refractivity contribution in [1.82, 2.24) is 15.6 Å². The van der Waals surface area contributed by atoms with E-state index in [1.807, 2.05) is 36.4 Å². The molecule has 0 atom stereocenters. The fraction of sp³-hybridized carbons (Fsp3) is 0.333. The summed E-state index contributed by atoms with van der Waals surface area (Å²) in [5, 5.41) is 9.77. The Morgan fingerprint density at radius 3 is 2.59 bits per heavy atom. The van der Waals surface area contributed by atoms with Crippen LogP contribution < -0.4 is 10.6 Å². The maximum Gasteiger partial charge on any atom is 0.253 e. The fourth-order valence-electron chi connectivity index (χ4n) is 3.70. The summed E-state index contributed by atoms with van der Waals surface area (Å²) in [5.41, 5.74) is 1.60. The first-order valence-electron chi connectivity index (χ1n) is 8.92. The number of pyridine rings is 1. The molecular formula is C21H25Cl2N3O. The lowest BCUT2D eigenvalue weighted by Crippen LogP contribution is -2.42. The number of hydrogen-bond donors (Lipinski definition) is 2. The van der Waals surface area contributed by atoms with E-state index in [9.17, 15) is 4.79 Å². The van der Waals surface area contributed by atoms with Crippen molar-refractivity contribution in [3.05, 3.63) is 54.2 Å². The molecule has 1 saturated heterocycles. The number of halogens is 2. The van der Waals surface area contributed by atoms with Gasteiger partial charge in [0.05, 0.1) is 11.1 Å². The highest BCUT2D eigenvalue weighted by Gasteiger charge is 2.27. The molecule has 2 heterocycles. The summed E-state index contributed by atoms with van der Waals surface area (Å²) in [7, 11) is 0. The molecule has 27 heavy (non-hydrogen) atoms. The van der Waals surface area contributed by atoms with Gasteiger partial charge in [-0.1, -0.05) is 37.3 Å². The third kappa shape index (κ3) is 4.34. The highest BCUT2D eigenvalue weighted by molar-refractivity contribution is 6.15. The van der Waals surface area contributed by atoms with Crippen LogP contribution in [0.5, 0.6) is 0 Å². The number of carbonyl (C=O) groups is 1.